The van der Waals surface area contributed by atoms with Crippen LogP contribution in [0.2, 0.25) is 0 Å². The van der Waals surface area contributed by atoms with Gasteiger partial charge in [0.1, 0.15) is 12.1 Å². The van der Waals surface area contributed by atoms with E-state index in [1.54, 1.807) is 6.33 Å². The SMILES string of the molecule is CC(C)Oc1cc(N(C)CC2CCCN2)ncn1. The molecule has 100 valence electrons. The lowest BCUT2D eigenvalue weighted by atomic mass is 10.2. The minimum atomic E-state index is 0.134. The molecule has 1 N–H and O–H groups in total. The summed E-state index contributed by atoms with van der Waals surface area (Å²) < 4.78 is 5.58. The number of nitrogens with zero attached hydrogens (tertiary/aromatic N) is 3. The van der Waals surface area contributed by atoms with E-state index >= 15 is 0 Å². The fourth-order valence-electron chi connectivity index (χ4n) is 2.18. The van der Waals surface area contributed by atoms with Crippen molar-refractivity contribution >= 4 is 5.82 Å². The Morgan fingerprint density at radius 3 is 3.00 bits per heavy atom. The minimum Gasteiger partial charge on any atom is -0.475 e. The second-order valence-electron chi connectivity index (χ2n) is 5.05. The number of hydrogen-bond acceptors (Lipinski definition) is 5. The Balaban J connectivity index is 1.98. The van der Waals surface area contributed by atoms with Crippen molar-refractivity contribution in [1.82, 2.24) is 15.3 Å². The van der Waals surface area contributed by atoms with Crippen LogP contribution in [0.4, 0.5) is 5.82 Å². The third kappa shape index (κ3) is 3.57. The summed E-state index contributed by atoms with van der Waals surface area (Å²) in [5.74, 6) is 1.55. The van der Waals surface area contributed by atoms with Gasteiger partial charge in [-0.05, 0) is 33.2 Å². The molecular weight excluding hydrogens is 228 g/mol. The first-order valence-electron chi connectivity index (χ1n) is 6.58. The molecule has 1 aliphatic rings. The number of hydrogen-bond donors (Lipinski definition) is 1. The zero-order chi connectivity index (χ0) is 13.0. The molecule has 1 aromatic rings. The summed E-state index contributed by atoms with van der Waals surface area (Å²) in [4.78, 5) is 10.6. The molecule has 1 unspecified atom stereocenters. The molecule has 1 aliphatic heterocycles. The van der Waals surface area contributed by atoms with Gasteiger partial charge in [-0.3, -0.25) is 0 Å². The maximum atomic E-state index is 5.58. The van der Waals surface area contributed by atoms with E-state index in [0.29, 0.717) is 11.9 Å². The van der Waals surface area contributed by atoms with Crippen LogP contribution in [0.15, 0.2) is 12.4 Å². The first-order chi connectivity index (χ1) is 8.65. The smallest absolute Gasteiger partial charge is 0.218 e. The summed E-state index contributed by atoms with van der Waals surface area (Å²) in [5.41, 5.74) is 0. The van der Waals surface area contributed by atoms with Gasteiger partial charge in [-0.25, -0.2) is 9.97 Å². The molecule has 1 saturated heterocycles. The molecule has 2 rings (SSSR count). The van der Waals surface area contributed by atoms with Crippen LogP contribution in [-0.2, 0) is 0 Å². The van der Waals surface area contributed by atoms with Crippen molar-refractivity contribution in [3.05, 3.63) is 12.4 Å². The zero-order valence-corrected chi connectivity index (χ0v) is 11.4. The maximum absolute atomic E-state index is 5.58. The number of rotatable bonds is 5. The lowest BCUT2D eigenvalue weighted by Gasteiger charge is -2.22. The number of nitrogens with one attached hydrogen (secondary N) is 1. The lowest BCUT2D eigenvalue weighted by Crippen LogP contribution is -2.35. The Hall–Kier alpha value is -1.36. The third-order valence-electron chi connectivity index (χ3n) is 3.03. The van der Waals surface area contributed by atoms with E-state index in [9.17, 15) is 0 Å². The van der Waals surface area contributed by atoms with E-state index in [2.05, 4.69) is 27.2 Å². The Morgan fingerprint density at radius 2 is 2.33 bits per heavy atom. The average molecular weight is 250 g/mol. The number of anilines is 1. The maximum Gasteiger partial charge on any atom is 0.218 e. The van der Waals surface area contributed by atoms with Gasteiger partial charge in [0.25, 0.3) is 0 Å². The van der Waals surface area contributed by atoms with E-state index in [-0.39, 0.29) is 6.10 Å². The zero-order valence-electron chi connectivity index (χ0n) is 11.4. The van der Waals surface area contributed by atoms with E-state index in [1.165, 1.54) is 12.8 Å². The molecule has 0 aromatic carbocycles. The monoisotopic (exact) mass is 250 g/mol. The first-order valence-corrected chi connectivity index (χ1v) is 6.58. The van der Waals surface area contributed by atoms with Crippen molar-refractivity contribution in [3.8, 4) is 5.88 Å². The largest absolute Gasteiger partial charge is 0.475 e. The molecule has 0 spiro atoms. The molecule has 0 aliphatic carbocycles. The highest BCUT2D eigenvalue weighted by atomic mass is 16.5. The van der Waals surface area contributed by atoms with Gasteiger partial charge in [0.15, 0.2) is 0 Å². The van der Waals surface area contributed by atoms with Crippen LogP contribution in [0.1, 0.15) is 26.7 Å². The van der Waals surface area contributed by atoms with Crippen molar-refractivity contribution in [2.75, 3.05) is 25.0 Å². The van der Waals surface area contributed by atoms with Gasteiger partial charge in [-0.1, -0.05) is 0 Å². The fourth-order valence-corrected chi connectivity index (χ4v) is 2.18. The van der Waals surface area contributed by atoms with Crippen LogP contribution in [0.5, 0.6) is 5.88 Å². The van der Waals surface area contributed by atoms with Crippen molar-refractivity contribution in [3.63, 3.8) is 0 Å². The van der Waals surface area contributed by atoms with E-state index in [4.69, 9.17) is 4.74 Å². The number of aromatic nitrogens is 2. The van der Waals surface area contributed by atoms with Crippen molar-refractivity contribution in [1.29, 1.82) is 0 Å². The van der Waals surface area contributed by atoms with Crippen molar-refractivity contribution in [2.45, 2.75) is 38.8 Å². The molecule has 0 bridgehead atoms. The molecule has 1 fully saturated rings. The molecule has 1 aromatic heterocycles. The molecular formula is C13H22N4O. The summed E-state index contributed by atoms with van der Waals surface area (Å²) >= 11 is 0. The highest BCUT2D eigenvalue weighted by Gasteiger charge is 2.17. The first kappa shape index (κ1) is 13.1. The van der Waals surface area contributed by atoms with Gasteiger partial charge in [0.2, 0.25) is 5.88 Å². The standard InChI is InChI=1S/C13H22N4O/c1-10(2)18-13-7-12(15-9-16-13)17(3)8-11-5-4-6-14-11/h7,9-11,14H,4-6,8H2,1-3H3. The number of ether oxygens (including phenoxy) is 1. The topological polar surface area (TPSA) is 50.3 Å². The van der Waals surface area contributed by atoms with Crippen LogP contribution in [0, 0.1) is 0 Å². The van der Waals surface area contributed by atoms with Gasteiger partial charge in [-0.15, -0.1) is 0 Å². The Kier molecular flexibility index (Phi) is 4.36. The van der Waals surface area contributed by atoms with Gasteiger partial charge >= 0.3 is 0 Å². The average Bonchev–Trinajstić information content (AvgIpc) is 2.81. The van der Waals surface area contributed by atoms with Gasteiger partial charge in [0, 0.05) is 25.7 Å². The van der Waals surface area contributed by atoms with Crippen molar-refractivity contribution < 1.29 is 4.74 Å². The van der Waals surface area contributed by atoms with E-state index in [1.807, 2.05) is 19.9 Å². The van der Waals surface area contributed by atoms with Crippen LogP contribution >= 0.6 is 0 Å². The number of likely N-dealkylation sites (N-methyl/N-ethyl adjacent to an activating group) is 1. The molecule has 5 nitrogen and oxygen atoms in total. The highest BCUT2D eigenvalue weighted by Crippen LogP contribution is 2.17. The predicted molar refractivity (Wildman–Crippen MR) is 72.1 cm³/mol. The molecule has 18 heavy (non-hydrogen) atoms. The van der Waals surface area contributed by atoms with Gasteiger partial charge in [0.05, 0.1) is 6.10 Å². The Morgan fingerprint density at radius 1 is 1.50 bits per heavy atom. The molecule has 5 heteroatoms. The molecule has 0 amide bonds. The van der Waals surface area contributed by atoms with Crippen LogP contribution in [-0.4, -0.2) is 42.3 Å². The Bertz CT molecular complexity index is 377. The lowest BCUT2D eigenvalue weighted by molar-refractivity contribution is 0.232. The summed E-state index contributed by atoms with van der Waals surface area (Å²) in [6.07, 6.45) is 4.20. The minimum absolute atomic E-state index is 0.134. The van der Waals surface area contributed by atoms with Crippen LogP contribution < -0.4 is 15.0 Å². The summed E-state index contributed by atoms with van der Waals surface area (Å²) in [5, 5.41) is 3.49. The van der Waals surface area contributed by atoms with Crippen LogP contribution in [0.3, 0.4) is 0 Å². The highest BCUT2D eigenvalue weighted by molar-refractivity contribution is 5.40. The molecule has 0 saturated carbocycles. The predicted octanol–water partition coefficient (Wildman–Crippen LogP) is 1.45. The quantitative estimate of drug-likeness (QED) is 0.857. The molecule has 2 heterocycles. The second-order valence-corrected chi connectivity index (χ2v) is 5.05. The van der Waals surface area contributed by atoms with E-state index in [0.717, 1.165) is 18.9 Å². The van der Waals surface area contributed by atoms with E-state index < -0.39 is 0 Å². The van der Waals surface area contributed by atoms with Crippen LogP contribution in [0.25, 0.3) is 0 Å². The van der Waals surface area contributed by atoms with Gasteiger partial charge < -0.3 is 15.0 Å². The second kappa shape index (κ2) is 6.00. The fraction of sp³-hybridized carbons (Fsp3) is 0.692. The summed E-state index contributed by atoms with van der Waals surface area (Å²) in [6, 6.07) is 2.47. The summed E-state index contributed by atoms with van der Waals surface area (Å²) in [6.45, 7) is 6.09. The van der Waals surface area contributed by atoms with Gasteiger partial charge in [-0.2, -0.15) is 0 Å². The third-order valence-corrected chi connectivity index (χ3v) is 3.03. The molecule has 0 radical (unpaired) electrons. The van der Waals surface area contributed by atoms with Crippen molar-refractivity contribution in [2.24, 2.45) is 0 Å². The normalized spacial score (nSPS) is 19.2. The summed E-state index contributed by atoms with van der Waals surface area (Å²) in [7, 11) is 2.06. The Labute approximate surface area is 109 Å². The molecule has 1 atom stereocenters.